The van der Waals surface area contributed by atoms with Crippen LogP contribution in [-0.2, 0) is 11.3 Å². The lowest BCUT2D eigenvalue weighted by atomic mass is 9.97. The van der Waals surface area contributed by atoms with Crippen LogP contribution in [0.3, 0.4) is 0 Å². The summed E-state index contributed by atoms with van der Waals surface area (Å²) >= 11 is 0. The zero-order chi connectivity index (χ0) is 19.4. The summed E-state index contributed by atoms with van der Waals surface area (Å²) in [6.07, 6.45) is 10.7. The molecule has 1 amide bonds. The summed E-state index contributed by atoms with van der Waals surface area (Å²) in [5.41, 5.74) is 4.58. The highest BCUT2D eigenvalue weighted by Gasteiger charge is 2.25. The van der Waals surface area contributed by atoms with Crippen molar-refractivity contribution in [3.63, 3.8) is 0 Å². The molecule has 0 aliphatic heterocycles. The Kier molecular flexibility index (Phi) is 6.53. The maximum absolute atomic E-state index is 12.8. The molecule has 0 saturated heterocycles. The van der Waals surface area contributed by atoms with Crippen molar-refractivity contribution in [2.24, 2.45) is 0 Å². The molecule has 0 spiro atoms. The number of hydrogen-bond donors (Lipinski definition) is 2. The van der Waals surface area contributed by atoms with Crippen molar-refractivity contribution in [2.45, 2.75) is 71.4 Å². The molecule has 0 aromatic carbocycles. The number of carbonyl (C=O) groups is 2. The smallest absolute Gasteiger partial charge is 0.275 e. The predicted molar refractivity (Wildman–Crippen MR) is 107 cm³/mol. The van der Waals surface area contributed by atoms with E-state index in [1.807, 2.05) is 20.0 Å². The van der Waals surface area contributed by atoms with Crippen LogP contribution in [0.25, 0.3) is 0 Å². The lowest BCUT2D eigenvalue weighted by Crippen LogP contribution is -3.11. The van der Waals surface area contributed by atoms with Gasteiger partial charge in [0.1, 0.15) is 6.54 Å². The maximum Gasteiger partial charge on any atom is 0.275 e. The third-order valence-electron chi connectivity index (χ3n) is 5.78. The van der Waals surface area contributed by atoms with Crippen molar-refractivity contribution in [2.75, 3.05) is 20.1 Å². The van der Waals surface area contributed by atoms with Gasteiger partial charge in [-0.3, -0.25) is 9.59 Å². The predicted octanol–water partition coefficient (Wildman–Crippen LogP) is 1.97. The van der Waals surface area contributed by atoms with Crippen molar-refractivity contribution in [3.8, 4) is 0 Å². The summed E-state index contributed by atoms with van der Waals surface area (Å²) in [4.78, 5) is 25.7. The summed E-state index contributed by atoms with van der Waals surface area (Å²) in [6, 6.07) is 2.39. The van der Waals surface area contributed by atoms with Gasteiger partial charge in [0.15, 0.2) is 6.54 Å². The second-order valence-corrected chi connectivity index (χ2v) is 8.37. The number of carbonyl (C=O) groups excluding carboxylic acids is 2. The number of aromatic nitrogens is 1. The van der Waals surface area contributed by atoms with Crippen LogP contribution in [-0.4, -0.2) is 42.4 Å². The normalized spacial score (nSPS) is 18.1. The Morgan fingerprint density at radius 3 is 2.67 bits per heavy atom. The molecule has 1 heterocycles. The molecule has 1 unspecified atom stereocenters. The Bertz CT molecular complexity index is 728. The van der Waals surface area contributed by atoms with Crippen molar-refractivity contribution >= 4 is 11.7 Å². The van der Waals surface area contributed by atoms with Gasteiger partial charge < -0.3 is 14.8 Å². The van der Waals surface area contributed by atoms with Crippen LogP contribution in [0.5, 0.6) is 0 Å². The van der Waals surface area contributed by atoms with Crippen LogP contribution < -0.4 is 10.2 Å². The standard InChI is InChI=1S/C22H33N3O2/c1-16-13-20(17(2)25(16)12-11-18-7-5-4-6-8-18)21(26)14-24(3)15-22(27)23-19-9-10-19/h7,13,19H,4-6,8-12,14-15H2,1-3H3,(H,23,27)/p+1. The Morgan fingerprint density at radius 1 is 1.22 bits per heavy atom. The van der Waals surface area contributed by atoms with Gasteiger partial charge in [0.05, 0.1) is 7.05 Å². The van der Waals surface area contributed by atoms with E-state index < -0.39 is 0 Å². The first kappa shape index (κ1) is 19.9. The summed E-state index contributed by atoms with van der Waals surface area (Å²) in [6.45, 7) is 5.79. The molecule has 5 nitrogen and oxygen atoms in total. The second-order valence-electron chi connectivity index (χ2n) is 8.37. The number of amides is 1. The molecular weight excluding hydrogens is 338 g/mol. The Hall–Kier alpha value is -1.88. The zero-order valence-electron chi connectivity index (χ0n) is 17.1. The Balaban J connectivity index is 1.56. The molecule has 5 heteroatoms. The molecule has 1 saturated carbocycles. The molecule has 0 bridgehead atoms. The van der Waals surface area contributed by atoms with Gasteiger partial charge in [-0.25, -0.2) is 0 Å². The van der Waals surface area contributed by atoms with Crippen molar-refractivity contribution < 1.29 is 14.5 Å². The van der Waals surface area contributed by atoms with E-state index >= 15 is 0 Å². The van der Waals surface area contributed by atoms with Gasteiger partial charge in [-0.05, 0) is 64.9 Å². The molecule has 2 aliphatic rings. The summed E-state index contributed by atoms with van der Waals surface area (Å²) in [5, 5.41) is 2.99. The minimum Gasteiger partial charge on any atom is -0.348 e. The van der Waals surface area contributed by atoms with E-state index in [2.05, 4.69) is 22.9 Å². The minimum absolute atomic E-state index is 0.0500. The number of quaternary nitrogens is 1. The van der Waals surface area contributed by atoms with E-state index in [1.54, 1.807) is 5.57 Å². The van der Waals surface area contributed by atoms with E-state index in [0.717, 1.165) is 47.7 Å². The molecule has 1 atom stereocenters. The number of Topliss-reactive ketones (excluding diaryl/α,β-unsaturated/α-hetero) is 1. The zero-order valence-corrected chi connectivity index (χ0v) is 17.1. The van der Waals surface area contributed by atoms with Gasteiger partial charge >= 0.3 is 0 Å². The molecule has 1 aromatic heterocycles. The molecule has 1 fully saturated rings. The van der Waals surface area contributed by atoms with E-state index in [4.69, 9.17) is 0 Å². The van der Waals surface area contributed by atoms with Crippen LogP contribution in [0.4, 0.5) is 0 Å². The first-order valence-corrected chi connectivity index (χ1v) is 10.4. The highest BCUT2D eigenvalue weighted by molar-refractivity contribution is 5.98. The molecule has 0 radical (unpaired) electrons. The van der Waals surface area contributed by atoms with Gasteiger partial charge in [-0.1, -0.05) is 11.6 Å². The third-order valence-corrected chi connectivity index (χ3v) is 5.78. The van der Waals surface area contributed by atoms with Crippen molar-refractivity contribution in [1.82, 2.24) is 9.88 Å². The number of hydrogen-bond acceptors (Lipinski definition) is 2. The average molecular weight is 373 g/mol. The molecule has 2 aliphatic carbocycles. The monoisotopic (exact) mass is 372 g/mol. The number of aryl methyl sites for hydroxylation is 1. The first-order valence-electron chi connectivity index (χ1n) is 10.4. The van der Waals surface area contributed by atoms with E-state index in [1.165, 1.54) is 25.7 Å². The molecule has 1 aromatic rings. The second kappa shape index (κ2) is 8.87. The first-order chi connectivity index (χ1) is 12.9. The average Bonchev–Trinajstić information content (AvgIpc) is 3.38. The van der Waals surface area contributed by atoms with Gasteiger partial charge in [-0.15, -0.1) is 0 Å². The van der Waals surface area contributed by atoms with Crippen LogP contribution in [0.15, 0.2) is 17.7 Å². The van der Waals surface area contributed by atoms with Crippen LogP contribution in [0, 0.1) is 13.8 Å². The van der Waals surface area contributed by atoms with Crippen LogP contribution >= 0.6 is 0 Å². The third kappa shape index (κ3) is 5.55. The number of likely N-dealkylation sites (N-methyl/N-ethyl adjacent to an activating group) is 1. The van der Waals surface area contributed by atoms with E-state index in [-0.39, 0.29) is 11.7 Å². The Labute approximate surface area is 162 Å². The summed E-state index contributed by atoms with van der Waals surface area (Å²) in [7, 11) is 1.92. The molecule has 2 N–H and O–H groups in total. The van der Waals surface area contributed by atoms with Gasteiger partial charge in [-0.2, -0.15) is 0 Å². The summed E-state index contributed by atoms with van der Waals surface area (Å²) < 4.78 is 2.28. The SMILES string of the molecule is Cc1cc(C(=O)C[NH+](C)CC(=O)NC2CC2)c(C)n1CCC1=CCCCC1. The van der Waals surface area contributed by atoms with Crippen molar-refractivity contribution in [3.05, 3.63) is 34.7 Å². The molecule has 3 rings (SSSR count). The number of ketones is 1. The number of rotatable bonds is 9. The highest BCUT2D eigenvalue weighted by Crippen LogP contribution is 2.23. The van der Waals surface area contributed by atoms with Crippen LogP contribution in [0.1, 0.15) is 66.7 Å². The highest BCUT2D eigenvalue weighted by atomic mass is 16.2. The number of nitrogens with one attached hydrogen (secondary N) is 2. The Morgan fingerprint density at radius 2 is 2.00 bits per heavy atom. The topological polar surface area (TPSA) is 55.5 Å². The van der Waals surface area contributed by atoms with Gasteiger partial charge in [0, 0.05) is 29.5 Å². The summed E-state index contributed by atoms with van der Waals surface area (Å²) in [5.74, 6) is 0.178. The minimum atomic E-state index is 0.0500. The molecule has 148 valence electrons. The fourth-order valence-corrected chi connectivity index (χ4v) is 4.03. The lowest BCUT2D eigenvalue weighted by Gasteiger charge is -2.15. The number of allylic oxidation sites excluding steroid dienone is 2. The fourth-order valence-electron chi connectivity index (χ4n) is 4.03. The fraction of sp³-hybridized carbons (Fsp3) is 0.636. The van der Waals surface area contributed by atoms with Gasteiger partial charge in [0.2, 0.25) is 5.78 Å². The molecule has 27 heavy (non-hydrogen) atoms. The van der Waals surface area contributed by atoms with Crippen molar-refractivity contribution in [1.29, 1.82) is 0 Å². The van der Waals surface area contributed by atoms with Crippen LogP contribution in [0.2, 0.25) is 0 Å². The lowest BCUT2D eigenvalue weighted by molar-refractivity contribution is -0.862. The van der Waals surface area contributed by atoms with E-state index in [0.29, 0.717) is 19.1 Å². The number of nitrogens with zero attached hydrogens (tertiary/aromatic N) is 1. The van der Waals surface area contributed by atoms with Gasteiger partial charge in [0.25, 0.3) is 5.91 Å². The quantitative estimate of drug-likeness (QED) is 0.514. The largest absolute Gasteiger partial charge is 0.348 e. The molecular formula is C22H34N3O2+. The maximum atomic E-state index is 12.8. The van der Waals surface area contributed by atoms with E-state index in [9.17, 15) is 9.59 Å².